The Labute approximate surface area is 143 Å². The lowest BCUT2D eigenvalue weighted by Crippen LogP contribution is -2.26. The summed E-state index contributed by atoms with van der Waals surface area (Å²) in [5.41, 5.74) is 1.73. The standard InChI is InChI=1S/C20H25NO3/c1-5-14(2)19(15-9-7-6-8-10-15)20(22)21-16-11-12-17(23-3)18(13-16)24-4/h6-14,19H,5H2,1-4H3,(H,21,22). The number of anilines is 1. The molecule has 4 nitrogen and oxygen atoms in total. The van der Waals surface area contributed by atoms with Crippen LogP contribution >= 0.6 is 0 Å². The molecule has 0 aromatic heterocycles. The van der Waals surface area contributed by atoms with Crippen molar-refractivity contribution in [2.45, 2.75) is 26.2 Å². The zero-order valence-electron chi connectivity index (χ0n) is 14.7. The summed E-state index contributed by atoms with van der Waals surface area (Å²) in [6.45, 7) is 4.20. The Balaban J connectivity index is 2.25. The molecule has 2 aromatic rings. The quantitative estimate of drug-likeness (QED) is 0.816. The number of amides is 1. The average molecular weight is 327 g/mol. The molecule has 2 aromatic carbocycles. The van der Waals surface area contributed by atoms with Crippen LogP contribution < -0.4 is 14.8 Å². The Morgan fingerprint density at radius 2 is 1.71 bits per heavy atom. The van der Waals surface area contributed by atoms with Crippen molar-refractivity contribution < 1.29 is 14.3 Å². The van der Waals surface area contributed by atoms with Gasteiger partial charge in [-0.3, -0.25) is 4.79 Å². The Bertz CT molecular complexity index is 670. The topological polar surface area (TPSA) is 47.6 Å². The van der Waals surface area contributed by atoms with Gasteiger partial charge < -0.3 is 14.8 Å². The van der Waals surface area contributed by atoms with Crippen molar-refractivity contribution in [2.75, 3.05) is 19.5 Å². The van der Waals surface area contributed by atoms with Crippen molar-refractivity contribution in [3.63, 3.8) is 0 Å². The largest absolute Gasteiger partial charge is 0.493 e. The number of carbonyl (C=O) groups is 1. The van der Waals surface area contributed by atoms with Gasteiger partial charge in [-0.15, -0.1) is 0 Å². The third kappa shape index (κ3) is 4.07. The molecule has 2 atom stereocenters. The van der Waals surface area contributed by atoms with Crippen molar-refractivity contribution in [3.8, 4) is 11.5 Å². The minimum atomic E-state index is -0.190. The van der Waals surface area contributed by atoms with Crippen molar-refractivity contribution in [1.29, 1.82) is 0 Å². The summed E-state index contributed by atoms with van der Waals surface area (Å²) in [5, 5.41) is 3.01. The summed E-state index contributed by atoms with van der Waals surface area (Å²) < 4.78 is 10.5. The van der Waals surface area contributed by atoms with Crippen LogP contribution in [0.1, 0.15) is 31.7 Å². The Hall–Kier alpha value is -2.49. The van der Waals surface area contributed by atoms with E-state index < -0.39 is 0 Å². The fourth-order valence-electron chi connectivity index (χ4n) is 2.77. The van der Waals surface area contributed by atoms with Gasteiger partial charge in [-0.2, -0.15) is 0 Å². The molecule has 0 bridgehead atoms. The predicted molar refractivity (Wildman–Crippen MR) is 96.8 cm³/mol. The zero-order chi connectivity index (χ0) is 17.5. The van der Waals surface area contributed by atoms with Gasteiger partial charge in [-0.25, -0.2) is 0 Å². The van der Waals surface area contributed by atoms with Gasteiger partial charge in [0.1, 0.15) is 0 Å². The maximum absolute atomic E-state index is 12.9. The average Bonchev–Trinajstić information content (AvgIpc) is 2.62. The van der Waals surface area contributed by atoms with E-state index >= 15 is 0 Å². The van der Waals surface area contributed by atoms with Gasteiger partial charge in [0.15, 0.2) is 11.5 Å². The molecule has 24 heavy (non-hydrogen) atoms. The summed E-state index contributed by atoms with van der Waals surface area (Å²) in [4.78, 5) is 12.9. The number of benzene rings is 2. The van der Waals surface area contributed by atoms with Crippen LogP contribution in [0.15, 0.2) is 48.5 Å². The van der Waals surface area contributed by atoms with Crippen LogP contribution in [0.4, 0.5) is 5.69 Å². The monoisotopic (exact) mass is 327 g/mol. The summed E-state index contributed by atoms with van der Waals surface area (Å²) in [6, 6.07) is 15.3. The first-order valence-electron chi connectivity index (χ1n) is 8.18. The molecule has 2 rings (SSSR count). The molecule has 0 aliphatic heterocycles. The lowest BCUT2D eigenvalue weighted by molar-refractivity contribution is -0.118. The number of hydrogen-bond acceptors (Lipinski definition) is 3. The summed E-state index contributed by atoms with van der Waals surface area (Å²) >= 11 is 0. The first-order valence-corrected chi connectivity index (χ1v) is 8.18. The van der Waals surface area contributed by atoms with E-state index in [-0.39, 0.29) is 17.7 Å². The third-order valence-electron chi connectivity index (χ3n) is 4.31. The minimum absolute atomic E-state index is 0.0113. The fourth-order valence-corrected chi connectivity index (χ4v) is 2.77. The van der Waals surface area contributed by atoms with Gasteiger partial charge in [-0.05, 0) is 23.6 Å². The minimum Gasteiger partial charge on any atom is -0.493 e. The molecule has 0 fully saturated rings. The molecular weight excluding hydrogens is 302 g/mol. The van der Waals surface area contributed by atoms with Gasteiger partial charge in [0, 0.05) is 11.8 Å². The molecule has 0 heterocycles. The normalized spacial score (nSPS) is 13.0. The molecule has 0 radical (unpaired) electrons. The lowest BCUT2D eigenvalue weighted by Gasteiger charge is -2.23. The molecule has 0 saturated carbocycles. The molecule has 4 heteroatoms. The summed E-state index contributed by atoms with van der Waals surface area (Å²) in [5.74, 6) is 1.27. The maximum Gasteiger partial charge on any atom is 0.232 e. The molecular formula is C20H25NO3. The molecule has 1 amide bonds. The van der Waals surface area contributed by atoms with E-state index in [1.807, 2.05) is 36.4 Å². The molecule has 0 spiro atoms. The highest BCUT2D eigenvalue weighted by Crippen LogP contribution is 2.32. The second-order valence-electron chi connectivity index (χ2n) is 5.83. The predicted octanol–water partition coefficient (Wildman–Crippen LogP) is 4.47. The second-order valence-corrected chi connectivity index (χ2v) is 5.83. The van der Waals surface area contributed by atoms with Gasteiger partial charge in [-0.1, -0.05) is 50.6 Å². The van der Waals surface area contributed by atoms with Crippen molar-refractivity contribution in [2.24, 2.45) is 5.92 Å². The highest BCUT2D eigenvalue weighted by molar-refractivity contribution is 5.96. The maximum atomic E-state index is 12.9. The third-order valence-corrected chi connectivity index (χ3v) is 4.31. The molecule has 0 saturated heterocycles. The first-order chi connectivity index (χ1) is 11.6. The van der Waals surface area contributed by atoms with Crippen LogP contribution in [0.3, 0.4) is 0 Å². The van der Waals surface area contributed by atoms with E-state index in [1.165, 1.54) is 0 Å². The van der Waals surface area contributed by atoms with Crippen molar-refractivity contribution in [1.82, 2.24) is 0 Å². The van der Waals surface area contributed by atoms with E-state index in [1.54, 1.807) is 26.4 Å². The molecule has 0 aliphatic carbocycles. The Kier molecular flexibility index (Phi) is 6.24. The van der Waals surface area contributed by atoms with E-state index in [4.69, 9.17) is 9.47 Å². The number of hydrogen-bond donors (Lipinski definition) is 1. The number of nitrogens with one attached hydrogen (secondary N) is 1. The number of carbonyl (C=O) groups excluding carboxylic acids is 1. The van der Waals surface area contributed by atoms with Crippen LogP contribution in [0.2, 0.25) is 0 Å². The van der Waals surface area contributed by atoms with E-state index in [2.05, 4.69) is 19.2 Å². The Morgan fingerprint density at radius 3 is 2.29 bits per heavy atom. The summed E-state index contributed by atoms with van der Waals surface area (Å²) in [6.07, 6.45) is 0.929. The van der Waals surface area contributed by atoms with Crippen LogP contribution in [-0.4, -0.2) is 20.1 Å². The highest BCUT2D eigenvalue weighted by atomic mass is 16.5. The van der Waals surface area contributed by atoms with Gasteiger partial charge in [0.25, 0.3) is 0 Å². The van der Waals surface area contributed by atoms with E-state index in [0.29, 0.717) is 17.2 Å². The Morgan fingerprint density at radius 1 is 1.04 bits per heavy atom. The van der Waals surface area contributed by atoms with Gasteiger partial charge in [0.05, 0.1) is 20.1 Å². The van der Waals surface area contributed by atoms with Crippen LogP contribution in [0, 0.1) is 5.92 Å². The van der Waals surface area contributed by atoms with Gasteiger partial charge in [0.2, 0.25) is 5.91 Å². The second kappa shape index (κ2) is 8.39. The lowest BCUT2D eigenvalue weighted by atomic mass is 9.85. The highest BCUT2D eigenvalue weighted by Gasteiger charge is 2.26. The van der Waals surface area contributed by atoms with Crippen molar-refractivity contribution >= 4 is 11.6 Å². The number of ether oxygens (including phenoxy) is 2. The van der Waals surface area contributed by atoms with Gasteiger partial charge >= 0.3 is 0 Å². The smallest absolute Gasteiger partial charge is 0.232 e. The van der Waals surface area contributed by atoms with Crippen LogP contribution in [0.5, 0.6) is 11.5 Å². The summed E-state index contributed by atoms with van der Waals surface area (Å²) in [7, 11) is 3.17. The van der Waals surface area contributed by atoms with Crippen LogP contribution in [0.25, 0.3) is 0 Å². The molecule has 1 N–H and O–H groups in total. The van der Waals surface area contributed by atoms with Crippen LogP contribution in [-0.2, 0) is 4.79 Å². The molecule has 128 valence electrons. The fraction of sp³-hybridized carbons (Fsp3) is 0.350. The zero-order valence-corrected chi connectivity index (χ0v) is 14.7. The SMILES string of the molecule is CCC(C)C(C(=O)Nc1ccc(OC)c(OC)c1)c1ccccc1. The number of methoxy groups -OCH3 is 2. The van der Waals surface area contributed by atoms with Crippen molar-refractivity contribution in [3.05, 3.63) is 54.1 Å². The first kappa shape index (κ1) is 17.9. The molecule has 2 unspecified atom stereocenters. The van der Waals surface area contributed by atoms with E-state index in [0.717, 1.165) is 12.0 Å². The molecule has 0 aliphatic rings. The van der Waals surface area contributed by atoms with E-state index in [9.17, 15) is 4.79 Å². The number of rotatable bonds is 7.